The molecule has 0 amide bonds. The van der Waals surface area contributed by atoms with Gasteiger partial charge >= 0.3 is 0 Å². The number of hydrogen-bond donors (Lipinski definition) is 1. The predicted octanol–water partition coefficient (Wildman–Crippen LogP) is 2.78. The largest absolute Gasteiger partial charge is 0.368 e. The van der Waals surface area contributed by atoms with Gasteiger partial charge in [-0.3, -0.25) is 0 Å². The van der Waals surface area contributed by atoms with Gasteiger partial charge in [0.25, 0.3) is 0 Å². The van der Waals surface area contributed by atoms with Crippen LogP contribution in [0.5, 0.6) is 0 Å². The van der Waals surface area contributed by atoms with E-state index in [1.807, 2.05) is 23.9 Å². The summed E-state index contributed by atoms with van der Waals surface area (Å²) in [6.45, 7) is 5.10. The first-order valence-electron chi connectivity index (χ1n) is 6.06. The molecule has 0 saturated carbocycles. The van der Waals surface area contributed by atoms with E-state index in [4.69, 9.17) is 17.3 Å². The molecule has 0 spiro atoms. The van der Waals surface area contributed by atoms with Crippen LogP contribution in [0.2, 0.25) is 5.02 Å². The minimum atomic E-state index is 0.672. The van der Waals surface area contributed by atoms with Crippen LogP contribution in [0.3, 0.4) is 0 Å². The minimum Gasteiger partial charge on any atom is -0.368 e. The van der Waals surface area contributed by atoms with Crippen LogP contribution in [0.1, 0.15) is 12.5 Å². The summed E-state index contributed by atoms with van der Waals surface area (Å²) in [6.07, 6.45) is 0.897. The van der Waals surface area contributed by atoms with Crippen LogP contribution in [0.15, 0.2) is 18.2 Å². The molecule has 1 heterocycles. The second-order valence-corrected chi connectivity index (χ2v) is 6.37. The van der Waals surface area contributed by atoms with E-state index in [9.17, 15) is 0 Å². The van der Waals surface area contributed by atoms with Gasteiger partial charge in [-0.2, -0.15) is 11.8 Å². The van der Waals surface area contributed by atoms with Crippen molar-refractivity contribution >= 4 is 29.1 Å². The van der Waals surface area contributed by atoms with E-state index in [2.05, 4.69) is 17.9 Å². The Morgan fingerprint density at radius 3 is 3.06 bits per heavy atom. The molecule has 0 aliphatic carbocycles. The number of rotatable bonds is 3. The summed E-state index contributed by atoms with van der Waals surface area (Å²) in [5.41, 5.74) is 8.15. The summed E-state index contributed by atoms with van der Waals surface area (Å²) in [5.74, 6) is 1.18. The van der Waals surface area contributed by atoms with Gasteiger partial charge in [0.05, 0.1) is 10.7 Å². The van der Waals surface area contributed by atoms with Crippen molar-refractivity contribution in [3.63, 3.8) is 0 Å². The van der Waals surface area contributed by atoms with Crippen molar-refractivity contribution in [2.24, 2.45) is 5.73 Å². The molecule has 0 aromatic heterocycles. The molecule has 1 aliphatic heterocycles. The van der Waals surface area contributed by atoms with Crippen molar-refractivity contribution in [2.75, 3.05) is 30.3 Å². The molecular formula is C13H19ClN2S. The third kappa shape index (κ3) is 3.09. The van der Waals surface area contributed by atoms with E-state index in [0.29, 0.717) is 11.8 Å². The molecule has 2 rings (SSSR count). The third-order valence-electron chi connectivity index (χ3n) is 3.04. The van der Waals surface area contributed by atoms with Crippen molar-refractivity contribution in [1.82, 2.24) is 0 Å². The van der Waals surface area contributed by atoms with Gasteiger partial charge in [-0.25, -0.2) is 0 Å². The van der Waals surface area contributed by atoms with Gasteiger partial charge in [-0.15, -0.1) is 0 Å². The summed E-state index contributed by atoms with van der Waals surface area (Å²) in [5, 5.41) is 1.53. The highest BCUT2D eigenvalue weighted by Crippen LogP contribution is 2.33. The SMILES string of the molecule is CC1CN(c2c(Cl)cccc2CCN)CCS1. The van der Waals surface area contributed by atoms with Gasteiger partial charge in [0.2, 0.25) is 0 Å². The Morgan fingerprint density at radius 1 is 1.53 bits per heavy atom. The van der Waals surface area contributed by atoms with E-state index >= 15 is 0 Å². The Balaban J connectivity index is 2.28. The monoisotopic (exact) mass is 270 g/mol. The van der Waals surface area contributed by atoms with Gasteiger partial charge in [0.15, 0.2) is 0 Å². The second-order valence-electron chi connectivity index (χ2n) is 4.41. The maximum atomic E-state index is 6.36. The number of nitrogens with zero attached hydrogens (tertiary/aromatic N) is 1. The maximum Gasteiger partial charge on any atom is 0.0642 e. The quantitative estimate of drug-likeness (QED) is 0.916. The van der Waals surface area contributed by atoms with Gasteiger partial charge in [0, 0.05) is 24.1 Å². The lowest BCUT2D eigenvalue weighted by atomic mass is 10.1. The maximum absolute atomic E-state index is 6.36. The third-order valence-corrected chi connectivity index (χ3v) is 4.48. The van der Waals surface area contributed by atoms with Crippen LogP contribution in [0.4, 0.5) is 5.69 Å². The van der Waals surface area contributed by atoms with Crippen LogP contribution in [0.25, 0.3) is 0 Å². The summed E-state index contributed by atoms with van der Waals surface area (Å²) in [4.78, 5) is 2.41. The second kappa shape index (κ2) is 5.98. The highest BCUT2D eigenvalue weighted by molar-refractivity contribution is 8.00. The topological polar surface area (TPSA) is 29.3 Å². The number of para-hydroxylation sites is 1. The van der Waals surface area contributed by atoms with Crippen LogP contribution in [-0.2, 0) is 6.42 Å². The summed E-state index contributed by atoms with van der Waals surface area (Å²) >= 11 is 8.39. The first-order chi connectivity index (χ1) is 8.22. The number of nitrogens with two attached hydrogens (primary N) is 1. The minimum absolute atomic E-state index is 0.672. The molecule has 17 heavy (non-hydrogen) atoms. The molecule has 1 atom stereocenters. The Morgan fingerprint density at radius 2 is 2.35 bits per heavy atom. The van der Waals surface area contributed by atoms with E-state index in [1.165, 1.54) is 17.0 Å². The molecule has 1 aliphatic rings. The fraction of sp³-hybridized carbons (Fsp3) is 0.538. The first kappa shape index (κ1) is 13.1. The van der Waals surface area contributed by atoms with Crippen LogP contribution >= 0.6 is 23.4 Å². The van der Waals surface area contributed by atoms with Crippen molar-refractivity contribution in [1.29, 1.82) is 0 Å². The van der Waals surface area contributed by atoms with Crippen LogP contribution in [0, 0.1) is 0 Å². The van der Waals surface area contributed by atoms with Crippen molar-refractivity contribution in [3.8, 4) is 0 Å². The lowest BCUT2D eigenvalue weighted by molar-refractivity contribution is 0.775. The van der Waals surface area contributed by atoms with E-state index in [-0.39, 0.29) is 0 Å². The number of benzene rings is 1. The Kier molecular flexibility index (Phi) is 4.60. The highest BCUT2D eigenvalue weighted by Gasteiger charge is 2.20. The molecule has 4 heteroatoms. The Bertz CT molecular complexity index is 384. The number of halogens is 1. The molecule has 1 fully saturated rings. The van der Waals surface area contributed by atoms with Gasteiger partial charge in [0.1, 0.15) is 0 Å². The number of hydrogen-bond acceptors (Lipinski definition) is 3. The zero-order valence-electron chi connectivity index (χ0n) is 10.2. The van der Waals surface area contributed by atoms with Gasteiger partial charge in [-0.05, 0) is 24.6 Å². The lowest BCUT2D eigenvalue weighted by Gasteiger charge is -2.34. The Hall–Kier alpha value is -0.380. The zero-order valence-corrected chi connectivity index (χ0v) is 11.7. The normalized spacial score (nSPS) is 20.6. The molecule has 2 N–H and O–H groups in total. The van der Waals surface area contributed by atoms with Gasteiger partial charge < -0.3 is 10.6 Å². The average Bonchev–Trinajstić information content (AvgIpc) is 2.29. The summed E-state index contributed by atoms with van der Waals surface area (Å²) in [6, 6.07) is 6.13. The fourth-order valence-corrected chi connectivity index (χ4v) is 3.62. The molecule has 0 bridgehead atoms. The molecule has 0 radical (unpaired) electrons. The predicted molar refractivity (Wildman–Crippen MR) is 78.3 cm³/mol. The fourth-order valence-electron chi connectivity index (χ4n) is 2.29. The standard InChI is InChI=1S/C13H19ClN2S/c1-10-9-16(7-8-17-10)13-11(5-6-15)3-2-4-12(13)14/h2-4,10H,5-9,15H2,1H3. The van der Waals surface area contributed by atoms with Crippen LogP contribution < -0.4 is 10.6 Å². The summed E-state index contributed by atoms with van der Waals surface area (Å²) < 4.78 is 0. The number of thioether (sulfide) groups is 1. The number of anilines is 1. The van der Waals surface area contributed by atoms with E-state index < -0.39 is 0 Å². The van der Waals surface area contributed by atoms with Gasteiger partial charge in [-0.1, -0.05) is 30.7 Å². The smallest absolute Gasteiger partial charge is 0.0642 e. The molecule has 1 saturated heterocycles. The van der Waals surface area contributed by atoms with E-state index in [0.717, 1.165) is 24.5 Å². The van der Waals surface area contributed by atoms with E-state index in [1.54, 1.807) is 0 Å². The molecule has 1 unspecified atom stereocenters. The first-order valence-corrected chi connectivity index (χ1v) is 7.49. The Labute approximate surface area is 113 Å². The van der Waals surface area contributed by atoms with Crippen molar-refractivity contribution in [2.45, 2.75) is 18.6 Å². The lowest BCUT2D eigenvalue weighted by Crippen LogP contribution is -2.37. The average molecular weight is 271 g/mol. The van der Waals surface area contributed by atoms with Crippen molar-refractivity contribution in [3.05, 3.63) is 28.8 Å². The molecule has 1 aromatic rings. The molecular weight excluding hydrogens is 252 g/mol. The van der Waals surface area contributed by atoms with Crippen LogP contribution in [-0.4, -0.2) is 30.6 Å². The molecule has 94 valence electrons. The molecule has 1 aromatic carbocycles. The molecule has 2 nitrogen and oxygen atoms in total. The summed E-state index contributed by atoms with van der Waals surface area (Å²) in [7, 11) is 0. The van der Waals surface area contributed by atoms with Crippen molar-refractivity contribution < 1.29 is 0 Å². The highest BCUT2D eigenvalue weighted by atomic mass is 35.5. The zero-order chi connectivity index (χ0) is 12.3.